The zero-order valence-electron chi connectivity index (χ0n) is 14.6. The second-order valence-electron chi connectivity index (χ2n) is 5.70. The second-order valence-corrected chi connectivity index (χ2v) is 5.70. The molecule has 130 valence electrons. The molecule has 1 atom stereocenters. The monoisotopic (exact) mass is 337 g/mol. The molecule has 0 bridgehead atoms. The van der Waals surface area contributed by atoms with Gasteiger partial charge in [0.15, 0.2) is 5.54 Å². The van der Waals surface area contributed by atoms with Crippen LogP contribution in [0, 0.1) is 11.8 Å². The lowest BCUT2D eigenvalue weighted by Gasteiger charge is -2.25. The zero-order valence-corrected chi connectivity index (χ0v) is 14.6. The van der Waals surface area contributed by atoms with Crippen LogP contribution in [0.1, 0.15) is 25.3 Å². The largest absolute Gasteiger partial charge is 0.497 e. The molecule has 4 nitrogen and oxygen atoms in total. The molecule has 0 radical (unpaired) electrons. The molecule has 0 aromatic heterocycles. The summed E-state index contributed by atoms with van der Waals surface area (Å²) in [6.07, 6.45) is 1.77. The van der Waals surface area contributed by atoms with Gasteiger partial charge in [-0.15, -0.1) is 0 Å². The van der Waals surface area contributed by atoms with Gasteiger partial charge in [-0.05, 0) is 42.7 Å². The predicted octanol–water partition coefficient (Wildman–Crippen LogP) is 3.98. The van der Waals surface area contributed by atoms with E-state index in [4.69, 9.17) is 4.74 Å². The van der Waals surface area contributed by atoms with Crippen molar-refractivity contribution in [3.63, 3.8) is 0 Å². The highest BCUT2D eigenvalue weighted by Gasteiger charge is 2.34. The number of anilines is 1. The van der Waals surface area contributed by atoms with Crippen molar-refractivity contribution in [2.45, 2.75) is 31.7 Å². The molecule has 0 aliphatic rings. The number of hydrogen-bond acceptors (Lipinski definition) is 3. The maximum Gasteiger partial charge on any atom is 0.342 e. The molecule has 0 fully saturated rings. The van der Waals surface area contributed by atoms with Crippen LogP contribution in [-0.2, 0) is 11.2 Å². The van der Waals surface area contributed by atoms with E-state index in [9.17, 15) is 9.90 Å². The van der Waals surface area contributed by atoms with Gasteiger partial charge in [0.2, 0.25) is 0 Å². The van der Waals surface area contributed by atoms with Crippen molar-refractivity contribution in [1.29, 1.82) is 0 Å². The molecule has 0 spiro atoms. The van der Waals surface area contributed by atoms with Crippen LogP contribution in [-0.4, -0.2) is 23.7 Å². The number of nitrogens with one attached hydrogen (secondary N) is 1. The Kier molecular flexibility index (Phi) is 6.47. The number of aryl methyl sites for hydroxylation is 1. The van der Waals surface area contributed by atoms with Crippen molar-refractivity contribution < 1.29 is 14.6 Å². The molecule has 2 aromatic rings. The van der Waals surface area contributed by atoms with Gasteiger partial charge in [0.1, 0.15) is 5.75 Å². The molecule has 2 N–H and O–H groups in total. The molecule has 0 amide bonds. The maximum absolute atomic E-state index is 11.9. The molecule has 2 aromatic carbocycles. The van der Waals surface area contributed by atoms with Crippen LogP contribution in [0.5, 0.6) is 5.75 Å². The average Bonchev–Trinajstić information content (AvgIpc) is 2.65. The molecule has 4 heteroatoms. The van der Waals surface area contributed by atoms with Crippen LogP contribution in [0.2, 0.25) is 0 Å². The highest BCUT2D eigenvalue weighted by Crippen LogP contribution is 2.21. The van der Waals surface area contributed by atoms with Gasteiger partial charge in [-0.2, -0.15) is 0 Å². The quantitative estimate of drug-likeness (QED) is 0.751. The van der Waals surface area contributed by atoms with E-state index in [1.807, 2.05) is 37.3 Å². The number of ether oxygens (including phenoxy) is 1. The Labute approximate surface area is 148 Å². The Balaban J connectivity index is 2.11. The Morgan fingerprint density at radius 1 is 1.16 bits per heavy atom. The van der Waals surface area contributed by atoms with Crippen molar-refractivity contribution in [3.05, 3.63) is 60.2 Å². The van der Waals surface area contributed by atoms with E-state index in [1.54, 1.807) is 31.4 Å². The number of hydrogen-bond donors (Lipinski definition) is 2. The summed E-state index contributed by atoms with van der Waals surface area (Å²) >= 11 is 0. The van der Waals surface area contributed by atoms with E-state index in [1.165, 1.54) is 5.56 Å². The van der Waals surface area contributed by atoms with Crippen molar-refractivity contribution >= 4 is 11.7 Å². The molecule has 2 rings (SSSR count). The zero-order chi connectivity index (χ0) is 18.1. The molecule has 1 unspecified atom stereocenters. The van der Waals surface area contributed by atoms with Gasteiger partial charge in [0.05, 0.1) is 7.11 Å². The van der Waals surface area contributed by atoms with Crippen LogP contribution in [0.4, 0.5) is 5.69 Å². The minimum absolute atomic E-state index is 0.354. The van der Waals surface area contributed by atoms with Crippen LogP contribution >= 0.6 is 0 Å². The summed E-state index contributed by atoms with van der Waals surface area (Å²) in [6.45, 7) is 1.82. The van der Waals surface area contributed by atoms with Gasteiger partial charge < -0.3 is 15.2 Å². The summed E-state index contributed by atoms with van der Waals surface area (Å²) in [5.74, 6) is 5.71. The van der Waals surface area contributed by atoms with Gasteiger partial charge in [0.25, 0.3) is 0 Å². The van der Waals surface area contributed by atoms with E-state index < -0.39 is 11.5 Å². The minimum atomic E-state index is -1.30. The van der Waals surface area contributed by atoms with Crippen LogP contribution in [0.25, 0.3) is 0 Å². The molecular weight excluding hydrogens is 314 g/mol. The minimum Gasteiger partial charge on any atom is -0.497 e. The van der Waals surface area contributed by atoms with Gasteiger partial charge >= 0.3 is 5.97 Å². The van der Waals surface area contributed by atoms with Crippen molar-refractivity contribution in [2.24, 2.45) is 0 Å². The Morgan fingerprint density at radius 3 is 2.40 bits per heavy atom. The summed E-state index contributed by atoms with van der Waals surface area (Å²) in [5, 5.41) is 12.8. The van der Waals surface area contributed by atoms with E-state index >= 15 is 0 Å². The number of carbonyl (C=O) groups is 1. The van der Waals surface area contributed by atoms with E-state index in [0.717, 1.165) is 12.2 Å². The topological polar surface area (TPSA) is 58.6 Å². The normalized spacial score (nSPS) is 12.4. The Hall–Kier alpha value is -2.93. The van der Waals surface area contributed by atoms with Crippen LogP contribution in [0.15, 0.2) is 54.6 Å². The van der Waals surface area contributed by atoms with E-state index in [2.05, 4.69) is 17.2 Å². The molecule has 0 saturated heterocycles. The first-order valence-corrected chi connectivity index (χ1v) is 8.29. The first-order chi connectivity index (χ1) is 12.1. The lowest BCUT2D eigenvalue weighted by molar-refractivity contribution is -0.140. The van der Waals surface area contributed by atoms with Gasteiger partial charge in [-0.1, -0.05) is 49.1 Å². The van der Waals surface area contributed by atoms with Gasteiger partial charge in [-0.3, -0.25) is 0 Å². The molecule has 0 heterocycles. The summed E-state index contributed by atoms with van der Waals surface area (Å²) in [5.41, 5.74) is 0.588. The number of methoxy groups -OCH3 is 1. The average molecular weight is 337 g/mol. The Morgan fingerprint density at radius 2 is 1.84 bits per heavy atom. The highest BCUT2D eigenvalue weighted by molar-refractivity contribution is 5.87. The highest BCUT2D eigenvalue weighted by atomic mass is 16.5. The number of carboxylic acid groups (broad SMARTS) is 1. The molecule has 25 heavy (non-hydrogen) atoms. The first kappa shape index (κ1) is 18.4. The summed E-state index contributed by atoms with van der Waals surface area (Å²) in [4.78, 5) is 11.9. The maximum atomic E-state index is 11.9. The summed E-state index contributed by atoms with van der Waals surface area (Å²) in [7, 11) is 1.59. The number of benzene rings is 2. The number of carboxylic acids is 1. The Bertz CT molecular complexity index is 744. The third kappa shape index (κ3) is 5.02. The van der Waals surface area contributed by atoms with Gasteiger partial charge in [-0.25, -0.2) is 4.79 Å². The molecular formula is C21H23NO3. The smallest absolute Gasteiger partial charge is 0.342 e. The third-order valence-corrected chi connectivity index (χ3v) is 4.03. The molecule has 0 aliphatic heterocycles. The van der Waals surface area contributed by atoms with E-state index in [-0.39, 0.29) is 0 Å². The third-order valence-electron chi connectivity index (χ3n) is 4.03. The SMILES string of the molecule is CCC(C#CCCc1ccccc1)(Nc1ccc(OC)cc1)C(=O)O. The number of rotatable bonds is 7. The number of aliphatic carboxylic acids is 1. The second kappa shape index (κ2) is 8.79. The van der Waals surface area contributed by atoms with Crippen LogP contribution < -0.4 is 10.1 Å². The standard InChI is InChI=1S/C21H23NO3/c1-3-21(20(23)24,22-18-12-14-19(25-2)15-13-18)16-8-7-11-17-9-5-4-6-10-17/h4-6,9-10,12-15,22H,3,7,11H2,1-2H3,(H,23,24). The fourth-order valence-electron chi connectivity index (χ4n) is 2.45. The summed E-state index contributed by atoms with van der Waals surface area (Å²) in [6, 6.07) is 17.2. The predicted molar refractivity (Wildman–Crippen MR) is 99.8 cm³/mol. The fraction of sp³-hybridized carbons (Fsp3) is 0.286. The van der Waals surface area contributed by atoms with Crippen molar-refractivity contribution in [3.8, 4) is 17.6 Å². The van der Waals surface area contributed by atoms with Crippen molar-refractivity contribution in [2.75, 3.05) is 12.4 Å². The van der Waals surface area contributed by atoms with Crippen molar-refractivity contribution in [1.82, 2.24) is 0 Å². The molecule has 0 saturated carbocycles. The lowest BCUT2D eigenvalue weighted by Crippen LogP contribution is -2.44. The lowest BCUT2D eigenvalue weighted by atomic mass is 9.95. The van der Waals surface area contributed by atoms with Crippen LogP contribution in [0.3, 0.4) is 0 Å². The summed E-state index contributed by atoms with van der Waals surface area (Å²) < 4.78 is 5.12. The first-order valence-electron chi connectivity index (χ1n) is 8.29. The van der Waals surface area contributed by atoms with Gasteiger partial charge in [0, 0.05) is 12.1 Å². The molecule has 0 aliphatic carbocycles. The van der Waals surface area contributed by atoms with E-state index in [0.29, 0.717) is 18.5 Å². The fourth-order valence-corrected chi connectivity index (χ4v) is 2.45.